The minimum Gasteiger partial charge on any atom is -0.396 e. The number of hydrogen-bond acceptors (Lipinski definition) is 5. The summed E-state index contributed by atoms with van der Waals surface area (Å²) < 4.78 is -0.934. The first kappa shape index (κ1) is 27.0. The van der Waals surface area contributed by atoms with E-state index in [2.05, 4.69) is 17.6 Å². The number of thioether (sulfide) groups is 1. The largest absolute Gasteiger partial charge is 0.396 e. The topological polar surface area (TPSA) is 98.7 Å². The van der Waals surface area contributed by atoms with E-state index in [0.29, 0.717) is 13.1 Å². The number of nitrogens with zero attached hydrogens (tertiary/aromatic N) is 1. The van der Waals surface area contributed by atoms with Crippen LogP contribution in [-0.4, -0.2) is 63.0 Å². The molecule has 0 saturated carbocycles. The van der Waals surface area contributed by atoms with Crippen molar-refractivity contribution in [3.8, 4) is 0 Å². The minimum absolute atomic E-state index is 0.0501. The summed E-state index contributed by atoms with van der Waals surface area (Å²) >= 11 is 1.71. The highest BCUT2D eigenvalue weighted by Gasteiger charge is 2.76. The summed E-state index contributed by atoms with van der Waals surface area (Å²) in [6, 6.07) is 5.38. The van der Waals surface area contributed by atoms with E-state index in [1.165, 1.54) is 0 Å². The molecule has 2 unspecified atom stereocenters. The average Bonchev–Trinajstić information content (AvgIpc) is 3.40. The number of anilines is 1. The molecule has 3 heterocycles. The van der Waals surface area contributed by atoms with Crippen LogP contribution in [0.4, 0.5) is 5.69 Å². The van der Waals surface area contributed by atoms with Gasteiger partial charge in [-0.05, 0) is 70.1 Å². The number of carbonyl (C=O) groups excluding carboxylic acids is 3. The Morgan fingerprint density at radius 3 is 2.61 bits per heavy atom. The molecule has 3 N–H and O–H groups in total. The van der Waals surface area contributed by atoms with Crippen molar-refractivity contribution in [2.24, 2.45) is 11.8 Å². The predicted octanol–water partition coefficient (Wildman–Crippen LogP) is 3.80. The van der Waals surface area contributed by atoms with Crippen molar-refractivity contribution in [2.75, 3.05) is 25.0 Å². The Bertz CT molecular complexity index is 1020. The molecule has 3 saturated heterocycles. The maximum Gasteiger partial charge on any atom is 0.248 e. The molecule has 0 aromatic heterocycles. The zero-order valence-electron chi connectivity index (χ0n) is 22.1. The minimum atomic E-state index is -0.608. The molecule has 8 heteroatoms. The Balaban J connectivity index is 1.66. The summed E-state index contributed by atoms with van der Waals surface area (Å²) in [6.07, 6.45) is 5.71. The van der Waals surface area contributed by atoms with Crippen LogP contribution in [0.25, 0.3) is 0 Å². The molecule has 3 aliphatic heterocycles. The molecule has 36 heavy (non-hydrogen) atoms. The summed E-state index contributed by atoms with van der Waals surface area (Å²) in [5.74, 6) is -1.16. The Hall–Kier alpha value is -2.06. The molecule has 0 aliphatic carbocycles. The van der Waals surface area contributed by atoms with Crippen LogP contribution in [-0.2, 0) is 14.4 Å². The monoisotopic (exact) mass is 515 g/mol. The lowest BCUT2D eigenvalue weighted by Gasteiger charge is -2.35. The van der Waals surface area contributed by atoms with Crippen molar-refractivity contribution in [1.82, 2.24) is 10.2 Å². The van der Waals surface area contributed by atoms with Crippen LogP contribution in [0, 0.1) is 25.7 Å². The van der Waals surface area contributed by atoms with E-state index >= 15 is 0 Å². The van der Waals surface area contributed by atoms with E-state index in [1.807, 2.05) is 39.0 Å². The Labute approximate surface area is 219 Å². The highest BCUT2D eigenvalue weighted by molar-refractivity contribution is 8.02. The van der Waals surface area contributed by atoms with Gasteiger partial charge in [-0.1, -0.05) is 31.9 Å². The highest BCUT2D eigenvalue weighted by atomic mass is 32.2. The van der Waals surface area contributed by atoms with Gasteiger partial charge >= 0.3 is 0 Å². The number of nitrogens with one attached hydrogen (secondary N) is 2. The first-order chi connectivity index (χ1) is 17.2. The van der Waals surface area contributed by atoms with Gasteiger partial charge in [0.15, 0.2) is 0 Å². The van der Waals surface area contributed by atoms with Gasteiger partial charge in [-0.15, -0.1) is 11.8 Å². The summed E-state index contributed by atoms with van der Waals surface area (Å²) in [7, 11) is 0. The number of amides is 3. The number of hydrogen-bond donors (Lipinski definition) is 3. The summed E-state index contributed by atoms with van der Waals surface area (Å²) in [6.45, 7) is 9.34. The smallest absolute Gasteiger partial charge is 0.248 e. The maximum absolute atomic E-state index is 14.0. The van der Waals surface area contributed by atoms with Crippen molar-refractivity contribution in [2.45, 2.75) is 88.2 Å². The lowest BCUT2D eigenvalue weighted by Crippen LogP contribution is -2.52. The van der Waals surface area contributed by atoms with E-state index in [1.54, 1.807) is 16.7 Å². The maximum atomic E-state index is 14.0. The van der Waals surface area contributed by atoms with Crippen LogP contribution in [0.2, 0.25) is 0 Å². The summed E-state index contributed by atoms with van der Waals surface area (Å²) in [5, 5.41) is 15.3. The molecule has 1 aromatic carbocycles. The molecule has 0 radical (unpaired) electrons. The van der Waals surface area contributed by atoms with E-state index in [0.717, 1.165) is 61.8 Å². The molecule has 4 rings (SSSR count). The lowest BCUT2D eigenvalue weighted by molar-refractivity contribution is -0.140. The molecular weight excluding hydrogens is 474 g/mol. The summed E-state index contributed by atoms with van der Waals surface area (Å²) in [5.41, 5.74) is 2.82. The van der Waals surface area contributed by atoms with Crippen LogP contribution in [0.1, 0.15) is 69.9 Å². The van der Waals surface area contributed by atoms with Gasteiger partial charge in [-0.3, -0.25) is 14.4 Å². The molecule has 3 aliphatic rings. The van der Waals surface area contributed by atoms with Gasteiger partial charge in [-0.2, -0.15) is 0 Å². The van der Waals surface area contributed by atoms with E-state index < -0.39 is 22.6 Å². The number of carbonyl (C=O) groups is 3. The molecule has 2 bridgehead atoms. The Morgan fingerprint density at radius 1 is 1.14 bits per heavy atom. The van der Waals surface area contributed by atoms with E-state index in [9.17, 15) is 14.4 Å². The van der Waals surface area contributed by atoms with Gasteiger partial charge in [0.1, 0.15) is 6.04 Å². The fourth-order valence-corrected chi connectivity index (χ4v) is 8.90. The molecule has 3 amide bonds. The number of fused-ring (bicyclic) bond motifs is 1. The molecule has 3 fully saturated rings. The third kappa shape index (κ3) is 4.67. The van der Waals surface area contributed by atoms with Gasteiger partial charge in [0.05, 0.1) is 16.6 Å². The van der Waals surface area contributed by atoms with Crippen LogP contribution in [0.5, 0.6) is 0 Å². The van der Waals surface area contributed by atoms with Crippen molar-refractivity contribution in [3.05, 3.63) is 29.3 Å². The average molecular weight is 516 g/mol. The Morgan fingerprint density at radius 2 is 1.89 bits per heavy atom. The van der Waals surface area contributed by atoms with Gasteiger partial charge in [-0.25, -0.2) is 0 Å². The number of aryl methyl sites for hydroxylation is 2. The number of rotatable bonds is 11. The number of likely N-dealkylation sites (tertiary alicyclic amines) is 1. The first-order valence-electron chi connectivity index (χ1n) is 13.5. The standard InChI is InChI=1S/C28H41N3O4S/c1-5-14-29-24(33)21-22-26(35)31(15-8-6-7-9-16-32)23(28(22)13-12-27(21,4)36-28)25(34)30-20-17-18(2)10-11-19(20)3/h10-11,17,21-23,32H,5-9,12-16H2,1-4H3,(H,29,33)(H,30,34)/t21-,22+,23?,27+,28?/m1/s1. The number of aliphatic hydroxyl groups excluding tert-OH is 1. The van der Waals surface area contributed by atoms with Gasteiger partial charge in [0, 0.05) is 30.1 Å². The van der Waals surface area contributed by atoms with Crippen molar-refractivity contribution in [3.63, 3.8) is 0 Å². The van der Waals surface area contributed by atoms with Crippen molar-refractivity contribution in [1.29, 1.82) is 0 Å². The molecule has 5 atom stereocenters. The lowest BCUT2D eigenvalue weighted by atomic mass is 9.66. The van der Waals surface area contributed by atoms with Crippen LogP contribution >= 0.6 is 11.8 Å². The molecule has 1 aromatic rings. The second-order valence-electron chi connectivity index (χ2n) is 11.0. The third-order valence-electron chi connectivity index (χ3n) is 8.31. The van der Waals surface area contributed by atoms with Gasteiger partial charge in [0.2, 0.25) is 17.7 Å². The fraction of sp³-hybridized carbons (Fsp3) is 0.679. The van der Waals surface area contributed by atoms with Crippen molar-refractivity contribution >= 4 is 35.2 Å². The number of benzene rings is 1. The second-order valence-corrected chi connectivity index (χ2v) is 12.9. The second kappa shape index (κ2) is 10.7. The van der Waals surface area contributed by atoms with Crippen LogP contribution < -0.4 is 10.6 Å². The predicted molar refractivity (Wildman–Crippen MR) is 144 cm³/mol. The quantitative estimate of drug-likeness (QED) is 0.390. The fourth-order valence-electron chi connectivity index (χ4n) is 6.54. The van der Waals surface area contributed by atoms with Crippen LogP contribution in [0.3, 0.4) is 0 Å². The Kier molecular flexibility index (Phi) is 8.05. The number of unbranched alkanes of at least 4 members (excludes halogenated alkanes) is 3. The SMILES string of the molecule is CCCNC(=O)[C@H]1[C@H]2C(=O)N(CCCCCCO)C(C(=O)Nc3cc(C)ccc3C)C23CC[C@]1(C)S3. The van der Waals surface area contributed by atoms with Gasteiger partial charge < -0.3 is 20.6 Å². The summed E-state index contributed by atoms with van der Waals surface area (Å²) in [4.78, 5) is 43.2. The zero-order valence-corrected chi connectivity index (χ0v) is 22.9. The van der Waals surface area contributed by atoms with Crippen molar-refractivity contribution < 1.29 is 19.5 Å². The molecule has 7 nitrogen and oxygen atoms in total. The third-order valence-corrected chi connectivity index (χ3v) is 10.3. The number of aliphatic hydroxyl groups is 1. The van der Waals surface area contributed by atoms with Gasteiger partial charge in [0.25, 0.3) is 0 Å². The molecule has 198 valence electrons. The van der Waals surface area contributed by atoms with E-state index in [4.69, 9.17) is 5.11 Å². The van der Waals surface area contributed by atoms with E-state index in [-0.39, 0.29) is 29.1 Å². The van der Waals surface area contributed by atoms with Crippen LogP contribution in [0.15, 0.2) is 18.2 Å². The molecular formula is C28H41N3O4S. The highest BCUT2D eigenvalue weighted by Crippen LogP contribution is 2.71. The molecule has 1 spiro atoms. The normalized spacial score (nSPS) is 30.5. The zero-order chi connectivity index (χ0) is 26.1. The first-order valence-corrected chi connectivity index (χ1v) is 14.3.